The molecule has 0 aliphatic carbocycles. The van der Waals surface area contributed by atoms with Gasteiger partial charge in [-0.1, -0.05) is 18.2 Å². The molecule has 2 aromatic carbocycles. The van der Waals surface area contributed by atoms with Gasteiger partial charge < -0.3 is 20.4 Å². The van der Waals surface area contributed by atoms with Crippen molar-refractivity contribution in [2.75, 3.05) is 16.0 Å². The van der Waals surface area contributed by atoms with E-state index in [1.165, 1.54) is 0 Å². The van der Waals surface area contributed by atoms with Gasteiger partial charge in [-0.2, -0.15) is 4.98 Å². The third kappa shape index (κ3) is 5.03. The fraction of sp³-hybridized carbons (Fsp3) is 0.0455. The summed E-state index contributed by atoms with van der Waals surface area (Å²) in [5.41, 5.74) is 3.23. The molecule has 150 valence electrons. The number of amides is 1. The average Bonchev–Trinajstić information content (AvgIpc) is 3.16. The molecule has 0 spiro atoms. The normalized spacial score (nSPS) is 10.5. The number of hydrogen-bond acceptors (Lipinski definition) is 6. The molecule has 0 aliphatic rings. The number of anilines is 5. The number of halogens is 1. The Kier molecular flexibility index (Phi) is 5.76. The van der Waals surface area contributed by atoms with Crippen LogP contribution in [-0.2, 0) is 0 Å². The van der Waals surface area contributed by atoms with Crippen LogP contribution in [0.3, 0.4) is 0 Å². The molecule has 0 fully saturated rings. The number of para-hydroxylation sites is 1. The molecule has 0 unspecified atom stereocenters. The molecule has 7 nitrogen and oxygen atoms in total. The molecule has 0 radical (unpaired) electrons. The van der Waals surface area contributed by atoms with Gasteiger partial charge in [-0.05, 0) is 71.4 Å². The van der Waals surface area contributed by atoms with Crippen LogP contribution < -0.4 is 16.0 Å². The minimum Gasteiger partial charge on any atom is -0.444 e. The van der Waals surface area contributed by atoms with Gasteiger partial charge in [0.25, 0.3) is 5.91 Å². The fourth-order valence-corrected chi connectivity index (χ4v) is 3.06. The third-order valence-electron chi connectivity index (χ3n) is 4.10. The van der Waals surface area contributed by atoms with E-state index in [4.69, 9.17) is 4.42 Å². The van der Waals surface area contributed by atoms with Gasteiger partial charge in [-0.3, -0.25) is 4.79 Å². The van der Waals surface area contributed by atoms with E-state index >= 15 is 0 Å². The smallest absolute Gasteiger partial charge is 0.291 e. The molecule has 4 aromatic rings. The maximum absolute atomic E-state index is 12.2. The number of carbonyl (C=O) groups excluding carboxylic acids is 1. The zero-order valence-corrected chi connectivity index (χ0v) is 17.6. The van der Waals surface area contributed by atoms with E-state index in [1.54, 1.807) is 24.3 Å². The number of carbonyl (C=O) groups is 1. The topological polar surface area (TPSA) is 92.1 Å². The Morgan fingerprint density at radius 1 is 0.867 bits per heavy atom. The maximum Gasteiger partial charge on any atom is 0.291 e. The van der Waals surface area contributed by atoms with E-state index in [0.29, 0.717) is 22.1 Å². The van der Waals surface area contributed by atoms with Crippen molar-refractivity contribution in [2.45, 2.75) is 6.92 Å². The molecule has 0 saturated carbocycles. The van der Waals surface area contributed by atoms with E-state index in [1.807, 2.05) is 55.5 Å². The molecule has 2 heterocycles. The highest BCUT2D eigenvalue weighted by molar-refractivity contribution is 9.10. The van der Waals surface area contributed by atoms with E-state index < -0.39 is 0 Å². The van der Waals surface area contributed by atoms with Crippen molar-refractivity contribution >= 4 is 50.7 Å². The summed E-state index contributed by atoms with van der Waals surface area (Å²) in [7, 11) is 0. The lowest BCUT2D eigenvalue weighted by molar-refractivity contribution is 0.0995. The van der Waals surface area contributed by atoms with E-state index in [9.17, 15) is 4.79 Å². The predicted octanol–water partition coefficient (Wildman–Crippen LogP) is 5.88. The zero-order valence-electron chi connectivity index (χ0n) is 16.0. The third-order valence-corrected chi connectivity index (χ3v) is 4.52. The first kappa shape index (κ1) is 19.7. The number of rotatable bonds is 6. The molecule has 1 amide bonds. The summed E-state index contributed by atoms with van der Waals surface area (Å²) in [5, 5.41) is 9.24. The number of hydrogen-bond donors (Lipinski definition) is 3. The molecular weight excluding hydrogens is 446 g/mol. The largest absolute Gasteiger partial charge is 0.444 e. The standard InChI is InChI=1S/C22H18BrN5O2/c1-14-13-20(25-15-5-3-2-4-6-15)28-22(24-14)27-17-9-7-16(8-10-17)26-21(29)18-11-12-19(23)30-18/h2-13H,1H3,(H,26,29)(H2,24,25,27,28). The first-order chi connectivity index (χ1) is 14.5. The number of nitrogens with zero attached hydrogens (tertiary/aromatic N) is 2. The highest BCUT2D eigenvalue weighted by Gasteiger charge is 2.11. The van der Waals surface area contributed by atoms with Gasteiger partial charge in [0.15, 0.2) is 10.4 Å². The van der Waals surface area contributed by atoms with E-state index in [-0.39, 0.29) is 11.7 Å². The Morgan fingerprint density at radius 3 is 2.27 bits per heavy atom. The lowest BCUT2D eigenvalue weighted by Gasteiger charge is -2.10. The Morgan fingerprint density at radius 2 is 1.57 bits per heavy atom. The van der Waals surface area contributed by atoms with Crippen LogP contribution in [0.15, 0.2) is 81.9 Å². The fourth-order valence-electron chi connectivity index (χ4n) is 2.75. The van der Waals surface area contributed by atoms with Crippen molar-refractivity contribution in [3.63, 3.8) is 0 Å². The maximum atomic E-state index is 12.2. The number of aryl methyl sites for hydroxylation is 1. The molecule has 0 aliphatic heterocycles. The van der Waals surface area contributed by atoms with E-state index in [0.717, 1.165) is 17.1 Å². The highest BCUT2D eigenvalue weighted by atomic mass is 79.9. The number of aromatic nitrogens is 2. The van der Waals surface area contributed by atoms with Crippen molar-refractivity contribution in [1.29, 1.82) is 0 Å². The van der Waals surface area contributed by atoms with E-state index in [2.05, 4.69) is 41.8 Å². The first-order valence-corrected chi connectivity index (χ1v) is 9.96. The first-order valence-electron chi connectivity index (χ1n) is 9.17. The summed E-state index contributed by atoms with van der Waals surface area (Å²) >= 11 is 3.18. The number of benzene rings is 2. The lowest BCUT2D eigenvalue weighted by Crippen LogP contribution is -2.10. The predicted molar refractivity (Wildman–Crippen MR) is 121 cm³/mol. The second-order valence-corrected chi connectivity index (χ2v) is 7.25. The summed E-state index contributed by atoms with van der Waals surface area (Å²) in [6.45, 7) is 1.91. The summed E-state index contributed by atoms with van der Waals surface area (Å²) < 4.78 is 5.76. The number of nitrogens with one attached hydrogen (secondary N) is 3. The molecule has 0 atom stereocenters. The Labute approximate surface area is 181 Å². The molecule has 2 aromatic heterocycles. The van der Waals surface area contributed by atoms with Crippen LogP contribution >= 0.6 is 15.9 Å². The van der Waals surface area contributed by atoms with Crippen LogP contribution in [0.1, 0.15) is 16.2 Å². The summed E-state index contributed by atoms with van der Waals surface area (Å²) in [6, 6.07) is 22.2. The van der Waals surface area contributed by atoms with Crippen molar-refractivity contribution < 1.29 is 9.21 Å². The summed E-state index contributed by atoms with van der Waals surface area (Å²) in [6.07, 6.45) is 0. The van der Waals surface area contributed by atoms with Crippen molar-refractivity contribution in [3.05, 3.63) is 88.9 Å². The van der Waals surface area contributed by atoms with Crippen molar-refractivity contribution in [1.82, 2.24) is 9.97 Å². The molecule has 30 heavy (non-hydrogen) atoms. The number of furan rings is 1. The van der Waals surface area contributed by atoms with Gasteiger partial charge >= 0.3 is 0 Å². The Balaban J connectivity index is 1.43. The lowest BCUT2D eigenvalue weighted by atomic mass is 10.2. The van der Waals surface area contributed by atoms with Crippen LogP contribution in [0, 0.1) is 6.92 Å². The van der Waals surface area contributed by atoms with Crippen molar-refractivity contribution in [3.8, 4) is 0 Å². The van der Waals surface area contributed by atoms with Gasteiger partial charge in [0.2, 0.25) is 5.95 Å². The second-order valence-electron chi connectivity index (χ2n) is 6.47. The molecule has 3 N–H and O–H groups in total. The van der Waals surface area contributed by atoms with Gasteiger partial charge in [-0.25, -0.2) is 4.98 Å². The van der Waals surface area contributed by atoms with Gasteiger partial charge in [0, 0.05) is 28.8 Å². The molecule has 0 bridgehead atoms. The van der Waals surface area contributed by atoms with Crippen molar-refractivity contribution in [2.24, 2.45) is 0 Å². The molecular formula is C22H18BrN5O2. The minimum absolute atomic E-state index is 0.232. The van der Waals surface area contributed by atoms with Gasteiger partial charge in [0.05, 0.1) is 0 Å². The van der Waals surface area contributed by atoms with Gasteiger partial charge in [0.1, 0.15) is 5.82 Å². The Bertz CT molecular complexity index is 1160. The minimum atomic E-state index is -0.319. The SMILES string of the molecule is Cc1cc(Nc2ccccc2)nc(Nc2ccc(NC(=O)c3ccc(Br)o3)cc2)n1. The van der Waals surface area contributed by atoms with Crippen LogP contribution in [0.2, 0.25) is 0 Å². The summed E-state index contributed by atoms with van der Waals surface area (Å²) in [4.78, 5) is 21.1. The van der Waals surface area contributed by atoms with Crippen LogP contribution in [0.25, 0.3) is 0 Å². The van der Waals surface area contributed by atoms with Crippen LogP contribution in [-0.4, -0.2) is 15.9 Å². The quantitative estimate of drug-likeness (QED) is 0.330. The highest BCUT2D eigenvalue weighted by Crippen LogP contribution is 2.21. The summed E-state index contributed by atoms with van der Waals surface area (Å²) in [5.74, 6) is 1.09. The average molecular weight is 464 g/mol. The van der Waals surface area contributed by atoms with Crippen LogP contribution in [0.4, 0.5) is 28.8 Å². The monoisotopic (exact) mass is 463 g/mol. The Hall–Kier alpha value is -3.65. The van der Waals surface area contributed by atoms with Crippen LogP contribution in [0.5, 0.6) is 0 Å². The zero-order chi connectivity index (χ0) is 20.9. The second kappa shape index (κ2) is 8.79. The van der Waals surface area contributed by atoms with Gasteiger partial charge in [-0.15, -0.1) is 0 Å². The molecule has 8 heteroatoms. The molecule has 4 rings (SSSR count). The molecule has 0 saturated heterocycles.